The highest BCUT2D eigenvalue weighted by Gasteiger charge is 2.33. The molecule has 1 aliphatic rings. The predicted molar refractivity (Wildman–Crippen MR) is 147 cm³/mol. The minimum Gasteiger partial charge on any atom is -0.497 e. The van der Waals surface area contributed by atoms with Crippen molar-refractivity contribution in [3.05, 3.63) is 88.9 Å². The van der Waals surface area contributed by atoms with Gasteiger partial charge in [-0.2, -0.15) is 0 Å². The number of amides is 2. The van der Waals surface area contributed by atoms with Gasteiger partial charge in [-0.1, -0.05) is 59.3 Å². The smallest absolute Gasteiger partial charge is 0.247 e. The summed E-state index contributed by atoms with van der Waals surface area (Å²) in [6.45, 7) is 1.05. The molecule has 1 fully saturated rings. The molecule has 0 aliphatic carbocycles. The van der Waals surface area contributed by atoms with Crippen LogP contribution in [0.2, 0.25) is 5.02 Å². The van der Waals surface area contributed by atoms with E-state index in [0.29, 0.717) is 35.0 Å². The Hall–Kier alpha value is -3.95. The van der Waals surface area contributed by atoms with Gasteiger partial charge in [-0.05, 0) is 54.3 Å². The van der Waals surface area contributed by atoms with E-state index in [1.165, 1.54) is 4.90 Å². The molecule has 0 spiro atoms. The van der Waals surface area contributed by atoms with Gasteiger partial charge in [-0.25, -0.2) is 4.68 Å². The van der Waals surface area contributed by atoms with E-state index in [9.17, 15) is 9.59 Å². The number of nitrogens with zero attached hydrogens (tertiary/aromatic N) is 4. The molecule has 5 rings (SSSR count). The van der Waals surface area contributed by atoms with Crippen molar-refractivity contribution < 1.29 is 19.1 Å². The summed E-state index contributed by atoms with van der Waals surface area (Å²) < 4.78 is 12.7. The van der Waals surface area contributed by atoms with Crippen LogP contribution in [0.5, 0.6) is 5.75 Å². The molecule has 0 radical (unpaired) electrons. The maximum atomic E-state index is 14.1. The maximum absolute atomic E-state index is 14.1. The number of nitrogens with one attached hydrogen (secondary N) is 1. The van der Waals surface area contributed by atoms with Gasteiger partial charge in [0.2, 0.25) is 11.8 Å². The van der Waals surface area contributed by atoms with E-state index in [1.54, 1.807) is 36.1 Å². The SMILES string of the molecule is COc1cccc(C(C(=O)NCC2CCCO2)N(Cc2ccccc2Cl)C(=O)Cn2nnc3ccccc32)c1. The molecule has 4 aromatic rings. The van der Waals surface area contributed by atoms with Gasteiger partial charge in [0.25, 0.3) is 0 Å². The summed E-state index contributed by atoms with van der Waals surface area (Å²) in [7, 11) is 1.56. The monoisotopic (exact) mass is 547 g/mol. The average molecular weight is 548 g/mol. The van der Waals surface area contributed by atoms with E-state index in [0.717, 1.165) is 23.9 Å². The quantitative estimate of drug-likeness (QED) is 0.320. The molecule has 3 aromatic carbocycles. The highest BCUT2D eigenvalue weighted by Crippen LogP contribution is 2.29. The second-order valence-electron chi connectivity index (χ2n) is 9.41. The highest BCUT2D eigenvalue weighted by atomic mass is 35.5. The first kappa shape index (κ1) is 26.6. The lowest BCUT2D eigenvalue weighted by atomic mass is 10.0. The van der Waals surface area contributed by atoms with Crippen molar-refractivity contribution in [2.24, 2.45) is 0 Å². The number of halogens is 1. The number of rotatable bonds is 10. The summed E-state index contributed by atoms with van der Waals surface area (Å²) >= 11 is 6.52. The second-order valence-corrected chi connectivity index (χ2v) is 9.82. The molecule has 9 nitrogen and oxygen atoms in total. The molecule has 2 unspecified atom stereocenters. The predicted octanol–water partition coefficient (Wildman–Crippen LogP) is 4.16. The van der Waals surface area contributed by atoms with Gasteiger partial charge in [0, 0.05) is 24.7 Å². The van der Waals surface area contributed by atoms with E-state index < -0.39 is 6.04 Å². The van der Waals surface area contributed by atoms with E-state index in [1.807, 2.05) is 48.5 Å². The van der Waals surface area contributed by atoms with Crippen LogP contribution in [0.4, 0.5) is 0 Å². The lowest BCUT2D eigenvalue weighted by molar-refractivity contribution is -0.142. The van der Waals surface area contributed by atoms with Gasteiger partial charge in [0.05, 0.1) is 18.7 Å². The highest BCUT2D eigenvalue weighted by molar-refractivity contribution is 6.31. The van der Waals surface area contributed by atoms with Crippen LogP contribution in [0.3, 0.4) is 0 Å². The zero-order valence-corrected chi connectivity index (χ0v) is 22.4. The number of methoxy groups -OCH3 is 1. The molecule has 2 atom stereocenters. The van der Waals surface area contributed by atoms with Crippen LogP contribution in [0.15, 0.2) is 72.8 Å². The fourth-order valence-corrected chi connectivity index (χ4v) is 4.98. The molecule has 0 saturated carbocycles. The van der Waals surface area contributed by atoms with Gasteiger partial charge in [-0.3, -0.25) is 9.59 Å². The van der Waals surface area contributed by atoms with E-state index in [4.69, 9.17) is 21.1 Å². The van der Waals surface area contributed by atoms with Gasteiger partial charge >= 0.3 is 0 Å². The zero-order chi connectivity index (χ0) is 27.2. The number of fused-ring (bicyclic) bond motifs is 1. The van der Waals surface area contributed by atoms with Crippen molar-refractivity contribution >= 4 is 34.4 Å². The van der Waals surface area contributed by atoms with Gasteiger partial charge in [-0.15, -0.1) is 5.10 Å². The third-order valence-electron chi connectivity index (χ3n) is 6.82. The number of carbonyl (C=O) groups is 2. The molecule has 0 bridgehead atoms. The zero-order valence-electron chi connectivity index (χ0n) is 21.6. The number of aromatic nitrogens is 3. The number of para-hydroxylation sites is 1. The summed E-state index contributed by atoms with van der Waals surface area (Å²) in [5.41, 5.74) is 2.74. The summed E-state index contributed by atoms with van der Waals surface area (Å²) in [5, 5.41) is 11.9. The van der Waals surface area contributed by atoms with E-state index >= 15 is 0 Å². The lowest BCUT2D eigenvalue weighted by Gasteiger charge is -2.32. The summed E-state index contributed by atoms with van der Waals surface area (Å²) in [5.74, 6) is -0.0508. The lowest BCUT2D eigenvalue weighted by Crippen LogP contribution is -2.46. The molecule has 10 heteroatoms. The minimum atomic E-state index is -0.958. The topological polar surface area (TPSA) is 98.6 Å². The Morgan fingerprint density at radius 1 is 1.15 bits per heavy atom. The van der Waals surface area contributed by atoms with Crippen LogP contribution < -0.4 is 10.1 Å². The van der Waals surface area contributed by atoms with Crippen LogP contribution in [-0.4, -0.2) is 58.1 Å². The van der Waals surface area contributed by atoms with Crippen molar-refractivity contribution in [3.8, 4) is 5.75 Å². The number of ether oxygens (including phenoxy) is 2. The molecular weight excluding hydrogens is 518 g/mol. The van der Waals surface area contributed by atoms with Crippen LogP contribution in [0, 0.1) is 0 Å². The second kappa shape index (κ2) is 12.3. The number of carbonyl (C=O) groups excluding carboxylic acids is 2. The van der Waals surface area contributed by atoms with Crippen molar-refractivity contribution in [3.63, 3.8) is 0 Å². The van der Waals surface area contributed by atoms with Crippen LogP contribution in [-0.2, 0) is 27.4 Å². The average Bonchev–Trinajstić information content (AvgIpc) is 3.63. The number of benzene rings is 3. The van der Waals surface area contributed by atoms with E-state index in [2.05, 4.69) is 15.6 Å². The molecular formula is C29H30ClN5O4. The Kier molecular flexibility index (Phi) is 8.39. The largest absolute Gasteiger partial charge is 0.497 e. The van der Waals surface area contributed by atoms with Crippen molar-refractivity contribution in [1.29, 1.82) is 0 Å². The summed E-state index contributed by atoms with van der Waals surface area (Å²) in [6.07, 6.45) is 1.79. The van der Waals surface area contributed by atoms with Crippen molar-refractivity contribution in [1.82, 2.24) is 25.2 Å². The molecule has 1 saturated heterocycles. The van der Waals surface area contributed by atoms with E-state index in [-0.39, 0.29) is 31.0 Å². The number of hydrogen-bond donors (Lipinski definition) is 1. The Labute approximate surface area is 231 Å². The van der Waals surface area contributed by atoms with Gasteiger partial charge in [0.15, 0.2) is 0 Å². The Morgan fingerprint density at radius 3 is 2.77 bits per heavy atom. The fourth-order valence-electron chi connectivity index (χ4n) is 4.79. The van der Waals surface area contributed by atoms with Crippen molar-refractivity contribution in [2.45, 2.75) is 38.1 Å². The molecule has 2 heterocycles. The molecule has 202 valence electrons. The van der Waals surface area contributed by atoms with Gasteiger partial charge < -0.3 is 19.7 Å². The van der Waals surface area contributed by atoms with Crippen LogP contribution in [0.1, 0.15) is 30.0 Å². The third kappa shape index (κ3) is 6.21. The molecule has 2 amide bonds. The summed E-state index contributed by atoms with van der Waals surface area (Å²) in [4.78, 5) is 29.5. The first-order chi connectivity index (χ1) is 19.0. The fraction of sp³-hybridized carbons (Fsp3) is 0.310. The van der Waals surface area contributed by atoms with Gasteiger partial charge in [0.1, 0.15) is 23.9 Å². The standard InChI is InChI=1S/C29H30ClN5O4/c1-38-22-10-6-9-20(16-22)28(29(37)31-17-23-11-7-15-39-23)34(18-21-8-2-3-12-24(21)30)27(36)19-35-26-14-5-4-13-25(26)32-33-35/h2-6,8-10,12-14,16,23,28H,7,11,15,17-19H2,1H3,(H,31,37). The van der Waals surface area contributed by atoms with Crippen LogP contribution in [0.25, 0.3) is 11.0 Å². The first-order valence-corrected chi connectivity index (χ1v) is 13.3. The maximum Gasteiger partial charge on any atom is 0.247 e. The summed E-state index contributed by atoms with van der Waals surface area (Å²) in [6, 6.07) is 20.9. The minimum absolute atomic E-state index is 0.0471. The third-order valence-corrected chi connectivity index (χ3v) is 7.19. The Bertz CT molecular complexity index is 1450. The molecule has 1 aromatic heterocycles. The Morgan fingerprint density at radius 2 is 1.97 bits per heavy atom. The molecule has 39 heavy (non-hydrogen) atoms. The molecule has 1 aliphatic heterocycles. The van der Waals surface area contributed by atoms with Crippen LogP contribution >= 0.6 is 11.6 Å². The first-order valence-electron chi connectivity index (χ1n) is 12.9. The normalized spacial score (nSPS) is 15.7. The number of hydrogen-bond acceptors (Lipinski definition) is 6. The molecule has 1 N–H and O–H groups in total. The Balaban J connectivity index is 1.52. The van der Waals surface area contributed by atoms with Crippen molar-refractivity contribution in [2.75, 3.05) is 20.3 Å².